The van der Waals surface area contributed by atoms with Gasteiger partial charge >= 0.3 is 0 Å². The molecule has 0 aliphatic carbocycles. The van der Waals surface area contributed by atoms with Crippen molar-refractivity contribution in [2.75, 3.05) is 7.05 Å². The molecule has 0 radical (unpaired) electrons. The molecule has 4 heteroatoms. The lowest BCUT2D eigenvalue weighted by Gasteiger charge is -2.15. The molecule has 1 aromatic carbocycles. The lowest BCUT2D eigenvalue weighted by molar-refractivity contribution is 0.560. The van der Waals surface area contributed by atoms with Crippen LogP contribution >= 0.6 is 43.2 Å². The maximum Gasteiger partial charge on any atom is 0.0285 e. The second-order valence-electron chi connectivity index (χ2n) is 4.26. The number of nitrogens with one attached hydrogen (secondary N) is 1. The molecule has 1 N–H and O–H groups in total. The van der Waals surface area contributed by atoms with Gasteiger partial charge in [-0.1, -0.05) is 28.1 Å². The van der Waals surface area contributed by atoms with Crippen LogP contribution in [0.3, 0.4) is 0 Å². The molecule has 0 amide bonds. The van der Waals surface area contributed by atoms with Crippen molar-refractivity contribution in [3.8, 4) is 0 Å². The Labute approximate surface area is 129 Å². The van der Waals surface area contributed by atoms with Gasteiger partial charge in [0.05, 0.1) is 0 Å². The number of benzene rings is 1. The van der Waals surface area contributed by atoms with Crippen molar-refractivity contribution in [2.24, 2.45) is 0 Å². The first-order chi connectivity index (χ1) is 8.67. The summed E-state index contributed by atoms with van der Waals surface area (Å²) >= 11 is 8.83. The summed E-state index contributed by atoms with van der Waals surface area (Å²) in [5.74, 6) is 0. The topological polar surface area (TPSA) is 12.0 Å². The van der Waals surface area contributed by atoms with Crippen LogP contribution in [0.1, 0.15) is 10.4 Å². The summed E-state index contributed by atoms with van der Waals surface area (Å²) in [5.41, 5.74) is 1.36. The minimum Gasteiger partial charge on any atom is -0.316 e. The van der Waals surface area contributed by atoms with Gasteiger partial charge in [0.15, 0.2) is 0 Å². The summed E-state index contributed by atoms with van der Waals surface area (Å²) in [6, 6.07) is 11.2. The zero-order valence-electron chi connectivity index (χ0n) is 10.1. The Bertz CT molecular complexity index is 510. The first kappa shape index (κ1) is 14.3. The Morgan fingerprint density at radius 2 is 2.00 bits per heavy atom. The number of hydrogen-bond donors (Lipinski definition) is 1. The normalized spacial score (nSPS) is 12.6. The van der Waals surface area contributed by atoms with Crippen LogP contribution in [-0.4, -0.2) is 13.1 Å². The molecule has 0 aliphatic heterocycles. The van der Waals surface area contributed by atoms with Crippen molar-refractivity contribution in [2.45, 2.75) is 18.9 Å². The van der Waals surface area contributed by atoms with Crippen molar-refractivity contribution in [1.29, 1.82) is 0 Å². The monoisotopic (exact) mass is 387 g/mol. The van der Waals surface area contributed by atoms with E-state index in [1.165, 1.54) is 14.9 Å². The van der Waals surface area contributed by atoms with E-state index in [1.807, 2.05) is 18.4 Å². The summed E-state index contributed by atoms with van der Waals surface area (Å²) in [4.78, 5) is 1.41. The molecule has 1 unspecified atom stereocenters. The molecular formula is C14H15Br2NS. The molecule has 2 rings (SSSR count). The van der Waals surface area contributed by atoms with Crippen molar-refractivity contribution in [3.05, 3.63) is 55.1 Å². The van der Waals surface area contributed by atoms with Crippen molar-refractivity contribution in [3.63, 3.8) is 0 Å². The third kappa shape index (κ3) is 4.19. The summed E-state index contributed by atoms with van der Waals surface area (Å²) in [7, 11) is 2.03. The van der Waals surface area contributed by atoms with Gasteiger partial charge in [-0.2, -0.15) is 0 Å². The summed E-state index contributed by atoms with van der Waals surface area (Å²) in [6.45, 7) is 0. The average molecular weight is 389 g/mol. The fourth-order valence-electron chi connectivity index (χ4n) is 1.93. The highest BCUT2D eigenvalue weighted by Crippen LogP contribution is 2.22. The predicted molar refractivity (Wildman–Crippen MR) is 86.4 cm³/mol. The van der Waals surface area contributed by atoms with Crippen LogP contribution < -0.4 is 5.32 Å². The number of rotatable bonds is 5. The van der Waals surface area contributed by atoms with Crippen molar-refractivity contribution in [1.82, 2.24) is 5.32 Å². The van der Waals surface area contributed by atoms with E-state index in [9.17, 15) is 0 Å². The van der Waals surface area contributed by atoms with E-state index in [2.05, 4.69) is 72.9 Å². The van der Waals surface area contributed by atoms with Gasteiger partial charge < -0.3 is 5.32 Å². The molecular weight excluding hydrogens is 374 g/mol. The van der Waals surface area contributed by atoms with Crippen LogP contribution in [0.25, 0.3) is 0 Å². The fourth-order valence-corrected chi connectivity index (χ4v) is 3.91. The van der Waals surface area contributed by atoms with Crippen LogP contribution in [0.5, 0.6) is 0 Å². The Balaban J connectivity index is 2.01. The molecule has 96 valence electrons. The van der Waals surface area contributed by atoms with Crippen molar-refractivity contribution >= 4 is 43.2 Å². The number of halogens is 2. The van der Waals surface area contributed by atoms with Gasteiger partial charge in [0.1, 0.15) is 0 Å². The first-order valence-electron chi connectivity index (χ1n) is 5.82. The lowest BCUT2D eigenvalue weighted by atomic mass is 10.0. The number of thiophene rings is 1. The molecule has 1 nitrogen and oxygen atoms in total. The average Bonchev–Trinajstić information content (AvgIpc) is 2.74. The second kappa shape index (κ2) is 6.85. The Morgan fingerprint density at radius 1 is 1.17 bits per heavy atom. The lowest BCUT2D eigenvalue weighted by Crippen LogP contribution is -2.29. The van der Waals surface area contributed by atoms with Gasteiger partial charge in [0.2, 0.25) is 0 Å². The predicted octanol–water partition coefficient (Wildman–Crippen LogP) is 4.65. The summed E-state index contributed by atoms with van der Waals surface area (Å²) < 4.78 is 2.33. The standard InChI is InChI=1S/C14H15Br2NS/c1-17-13(8-14-7-12(16)9-18-14)6-10-3-2-4-11(15)5-10/h2-5,7,9,13,17H,6,8H2,1H3. The zero-order chi connectivity index (χ0) is 13.0. The Kier molecular flexibility index (Phi) is 5.42. The van der Waals surface area contributed by atoms with Gasteiger partial charge in [-0.3, -0.25) is 0 Å². The quantitative estimate of drug-likeness (QED) is 0.786. The van der Waals surface area contributed by atoms with E-state index < -0.39 is 0 Å². The molecule has 0 saturated carbocycles. The van der Waals surface area contributed by atoms with E-state index >= 15 is 0 Å². The SMILES string of the molecule is CNC(Cc1cccc(Br)c1)Cc1cc(Br)cs1. The van der Waals surface area contributed by atoms with Crippen molar-refractivity contribution < 1.29 is 0 Å². The fraction of sp³-hybridized carbons (Fsp3) is 0.286. The van der Waals surface area contributed by atoms with E-state index in [4.69, 9.17) is 0 Å². The Hall–Kier alpha value is -0.160. The highest BCUT2D eigenvalue weighted by molar-refractivity contribution is 9.10. The first-order valence-corrected chi connectivity index (χ1v) is 8.28. The van der Waals surface area contributed by atoms with E-state index in [0.29, 0.717) is 6.04 Å². The molecule has 2 aromatic rings. The number of hydrogen-bond acceptors (Lipinski definition) is 2. The van der Waals surface area contributed by atoms with Crippen LogP contribution in [0.4, 0.5) is 0 Å². The number of likely N-dealkylation sites (N-methyl/N-ethyl adjacent to an activating group) is 1. The minimum absolute atomic E-state index is 0.477. The molecule has 0 fully saturated rings. The highest BCUT2D eigenvalue weighted by Gasteiger charge is 2.10. The molecule has 0 aliphatic rings. The summed E-state index contributed by atoms with van der Waals surface area (Å²) in [5, 5.41) is 5.54. The van der Waals surface area contributed by atoms with Crippen LogP contribution in [0.15, 0.2) is 44.7 Å². The largest absolute Gasteiger partial charge is 0.316 e. The molecule has 0 spiro atoms. The van der Waals surface area contributed by atoms with Gasteiger partial charge in [-0.15, -0.1) is 11.3 Å². The van der Waals surface area contributed by atoms with E-state index in [-0.39, 0.29) is 0 Å². The molecule has 0 saturated heterocycles. The zero-order valence-corrected chi connectivity index (χ0v) is 14.1. The van der Waals surface area contributed by atoms with Gasteiger partial charge in [0, 0.05) is 25.2 Å². The van der Waals surface area contributed by atoms with Crippen LogP contribution in [-0.2, 0) is 12.8 Å². The summed E-state index contributed by atoms with van der Waals surface area (Å²) in [6.07, 6.45) is 2.12. The molecule has 1 aromatic heterocycles. The molecule has 1 heterocycles. The second-order valence-corrected chi connectivity index (χ2v) is 7.08. The van der Waals surface area contributed by atoms with E-state index in [1.54, 1.807) is 0 Å². The highest BCUT2D eigenvalue weighted by atomic mass is 79.9. The molecule has 0 bridgehead atoms. The van der Waals surface area contributed by atoms with Crippen LogP contribution in [0, 0.1) is 0 Å². The van der Waals surface area contributed by atoms with Gasteiger partial charge in [-0.25, -0.2) is 0 Å². The Morgan fingerprint density at radius 3 is 2.61 bits per heavy atom. The third-order valence-electron chi connectivity index (χ3n) is 2.85. The van der Waals surface area contributed by atoms with Crippen LogP contribution in [0.2, 0.25) is 0 Å². The molecule has 18 heavy (non-hydrogen) atoms. The van der Waals surface area contributed by atoms with E-state index in [0.717, 1.165) is 17.3 Å². The smallest absolute Gasteiger partial charge is 0.0285 e. The van der Waals surface area contributed by atoms with Gasteiger partial charge in [-0.05, 0) is 59.6 Å². The molecule has 1 atom stereocenters. The van der Waals surface area contributed by atoms with Gasteiger partial charge in [0.25, 0.3) is 0 Å². The maximum absolute atomic E-state index is 3.52. The minimum atomic E-state index is 0.477. The maximum atomic E-state index is 3.52. The third-order valence-corrected chi connectivity index (χ3v) is 5.06.